The molecule has 0 bridgehead atoms. The Kier molecular flexibility index (Phi) is 9.95. The predicted octanol–water partition coefficient (Wildman–Crippen LogP) is 5.30. The molecule has 0 amide bonds. The number of hydrogen-bond donors (Lipinski definition) is 1. The highest BCUT2D eigenvalue weighted by molar-refractivity contribution is 4.92. The normalized spacial score (nSPS) is 9.81. The van der Waals surface area contributed by atoms with E-state index in [9.17, 15) is 0 Å². The van der Waals surface area contributed by atoms with Gasteiger partial charge in [-0.3, -0.25) is 0 Å². The Hall–Kier alpha value is -0.940. The molecule has 0 heterocycles. The largest absolute Gasteiger partial charge is 0.505 e. The summed E-state index contributed by atoms with van der Waals surface area (Å²) in [7, 11) is 0. The zero-order chi connectivity index (χ0) is 12.2. The third-order valence-electron chi connectivity index (χ3n) is 2.75. The summed E-state index contributed by atoms with van der Waals surface area (Å²) in [4.78, 5) is 0. The molecule has 1 nitrogen and oxygen atoms in total. The SMILES string of the molecule is C=C=C(O)CCCCCCCC(=C)CCC. The average molecular weight is 222 g/mol. The molecular weight excluding hydrogens is 196 g/mol. The van der Waals surface area contributed by atoms with Gasteiger partial charge in [-0.2, -0.15) is 0 Å². The molecule has 0 aliphatic rings. The number of allylic oxidation sites excluding steroid dienone is 2. The third-order valence-corrected chi connectivity index (χ3v) is 2.75. The van der Waals surface area contributed by atoms with Gasteiger partial charge in [-0.15, -0.1) is 0 Å². The monoisotopic (exact) mass is 222 g/mol. The minimum atomic E-state index is 0.302. The fraction of sp³-hybridized carbons (Fsp3) is 0.667. The van der Waals surface area contributed by atoms with Crippen molar-refractivity contribution in [3.63, 3.8) is 0 Å². The molecule has 0 aromatic rings. The number of aliphatic hydroxyl groups excluding tert-OH is 1. The van der Waals surface area contributed by atoms with Crippen molar-refractivity contribution in [1.29, 1.82) is 0 Å². The van der Waals surface area contributed by atoms with Crippen LogP contribution >= 0.6 is 0 Å². The van der Waals surface area contributed by atoms with E-state index in [1.165, 1.54) is 50.5 Å². The van der Waals surface area contributed by atoms with Gasteiger partial charge in [0, 0.05) is 6.42 Å². The number of hydrogen-bond acceptors (Lipinski definition) is 1. The quantitative estimate of drug-likeness (QED) is 0.230. The van der Waals surface area contributed by atoms with Crippen LogP contribution in [0.4, 0.5) is 0 Å². The topological polar surface area (TPSA) is 20.2 Å². The molecule has 0 fully saturated rings. The van der Waals surface area contributed by atoms with E-state index in [2.05, 4.69) is 25.8 Å². The molecule has 92 valence electrons. The van der Waals surface area contributed by atoms with Crippen LogP contribution in [0.5, 0.6) is 0 Å². The van der Waals surface area contributed by atoms with Gasteiger partial charge in [0.1, 0.15) is 5.76 Å². The second kappa shape index (κ2) is 10.6. The Morgan fingerprint density at radius 2 is 1.56 bits per heavy atom. The predicted molar refractivity (Wildman–Crippen MR) is 71.6 cm³/mol. The first kappa shape index (κ1) is 15.1. The van der Waals surface area contributed by atoms with Crippen molar-refractivity contribution in [2.45, 2.75) is 64.7 Å². The smallest absolute Gasteiger partial charge is 0.134 e. The van der Waals surface area contributed by atoms with Gasteiger partial charge in [-0.25, -0.2) is 0 Å². The molecule has 16 heavy (non-hydrogen) atoms. The molecule has 1 heteroatoms. The van der Waals surface area contributed by atoms with Crippen molar-refractivity contribution in [1.82, 2.24) is 0 Å². The Labute approximate surface area is 101 Å². The average Bonchev–Trinajstić information content (AvgIpc) is 2.27. The maximum absolute atomic E-state index is 9.12. The van der Waals surface area contributed by atoms with Crippen molar-refractivity contribution in [3.05, 3.63) is 30.2 Å². The van der Waals surface area contributed by atoms with Gasteiger partial charge in [-0.05, 0) is 25.7 Å². The van der Waals surface area contributed by atoms with E-state index < -0.39 is 0 Å². The van der Waals surface area contributed by atoms with Crippen molar-refractivity contribution in [2.24, 2.45) is 0 Å². The Bertz CT molecular complexity index is 234. The van der Waals surface area contributed by atoms with Crippen molar-refractivity contribution >= 4 is 0 Å². The number of rotatable bonds is 10. The van der Waals surface area contributed by atoms with Crippen LogP contribution in [0.2, 0.25) is 0 Å². The van der Waals surface area contributed by atoms with Crippen molar-refractivity contribution in [2.75, 3.05) is 0 Å². The molecule has 0 spiro atoms. The summed E-state index contributed by atoms with van der Waals surface area (Å²) in [6, 6.07) is 0. The fourth-order valence-electron chi connectivity index (χ4n) is 1.76. The van der Waals surface area contributed by atoms with Crippen LogP contribution in [0.3, 0.4) is 0 Å². The first-order valence-electron chi connectivity index (χ1n) is 6.45. The molecule has 0 unspecified atom stereocenters. The third kappa shape index (κ3) is 9.61. The van der Waals surface area contributed by atoms with Gasteiger partial charge in [0.05, 0.1) is 0 Å². The lowest BCUT2D eigenvalue weighted by atomic mass is 10.0. The van der Waals surface area contributed by atoms with E-state index >= 15 is 0 Å². The molecule has 0 saturated heterocycles. The summed E-state index contributed by atoms with van der Waals surface area (Å²) in [6.45, 7) is 9.66. The summed E-state index contributed by atoms with van der Waals surface area (Å²) < 4.78 is 0. The van der Waals surface area contributed by atoms with Gasteiger partial charge < -0.3 is 5.11 Å². The van der Waals surface area contributed by atoms with E-state index in [-0.39, 0.29) is 0 Å². The minimum Gasteiger partial charge on any atom is -0.505 e. The van der Waals surface area contributed by atoms with Gasteiger partial charge in [0.25, 0.3) is 0 Å². The van der Waals surface area contributed by atoms with Crippen molar-refractivity contribution < 1.29 is 5.11 Å². The van der Waals surface area contributed by atoms with Crippen LogP contribution in [0, 0.1) is 0 Å². The molecular formula is C15H26O. The minimum absolute atomic E-state index is 0.302. The van der Waals surface area contributed by atoms with Crippen LogP contribution in [0.1, 0.15) is 64.7 Å². The molecule has 1 N–H and O–H groups in total. The maximum atomic E-state index is 9.12. The summed E-state index contributed by atoms with van der Waals surface area (Å²) in [6.07, 6.45) is 10.3. The summed E-state index contributed by atoms with van der Waals surface area (Å²) in [5, 5.41) is 9.12. The second-order valence-corrected chi connectivity index (χ2v) is 4.39. The van der Waals surface area contributed by atoms with Crippen LogP contribution in [0.25, 0.3) is 0 Å². The number of aliphatic hydroxyl groups is 1. The second-order valence-electron chi connectivity index (χ2n) is 4.39. The highest BCUT2D eigenvalue weighted by atomic mass is 16.3. The van der Waals surface area contributed by atoms with E-state index in [4.69, 9.17) is 5.11 Å². The molecule has 0 aromatic heterocycles. The fourth-order valence-corrected chi connectivity index (χ4v) is 1.76. The molecule has 0 atom stereocenters. The molecule has 0 saturated carbocycles. The van der Waals surface area contributed by atoms with Crippen LogP contribution in [0.15, 0.2) is 30.2 Å². The lowest BCUT2D eigenvalue weighted by molar-refractivity contribution is 0.382. The molecule has 0 rings (SSSR count). The van der Waals surface area contributed by atoms with E-state index in [1.54, 1.807) is 0 Å². The van der Waals surface area contributed by atoms with E-state index in [0.29, 0.717) is 5.76 Å². The molecule has 0 aromatic carbocycles. The van der Waals surface area contributed by atoms with Crippen LogP contribution < -0.4 is 0 Å². The Morgan fingerprint density at radius 3 is 2.12 bits per heavy atom. The van der Waals surface area contributed by atoms with Gasteiger partial charge in [0.2, 0.25) is 0 Å². The lowest BCUT2D eigenvalue weighted by Crippen LogP contribution is -1.85. The molecule has 0 radical (unpaired) electrons. The van der Waals surface area contributed by atoms with E-state index in [0.717, 1.165) is 12.8 Å². The zero-order valence-corrected chi connectivity index (χ0v) is 10.7. The van der Waals surface area contributed by atoms with Crippen LogP contribution in [-0.2, 0) is 0 Å². The highest BCUT2D eigenvalue weighted by Gasteiger charge is 1.95. The molecule has 0 aliphatic heterocycles. The van der Waals surface area contributed by atoms with Crippen molar-refractivity contribution in [3.8, 4) is 0 Å². The summed E-state index contributed by atoms with van der Waals surface area (Å²) in [5.74, 6) is 0.302. The molecule has 0 aliphatic carbocycles. The number of unbranched alkanes of at least 4 members (excludes halogenated alkanes) is 4. The lowest BCUT2D eigenvalue weighted by Gasteiger charge is -2.03. The summed E-state index contributed by atoms with van der Waals surface area (Å²) in [5.41, 5.74) is 3.90. The van der Waals surface area contributed by atoms with E-state index in [1.807, 2.05) is 0 Å². The Morgan fingerprint density at radius 1 is 1.00 bits per heavy atom. The van der Waals surface area contributed by atoms with Gasteiger partial charge in [-0.1, -0.05) is 57.1 Å². The maximum Gasteiger partial charge on any atom is 0.134 e. The first-order chi connectivity index (χ1) is 7.70. The first-order valence-corrected chi connectivity index (χ1v) is 6.45. The Balaban J connectivity index is 3.21. The highest BCUT2D eigenvalue weighted by Crippen LogP contribution is 2.14. The zero-order valence-electron chi connectivity index (χ0n) is 10.7. The summed E-state index contributed by atoms with van der Waals surface area (Å²) >= 11 is 0. The van der Waals surface area contributed by atoms with Gasteiger partial charge >= 0.3 is 0 Å². The van der Waals surface area contributed by atoms with Crippen LogP contribution in [-0.4, -0.2) is 5.11 Å². The van der Waals surface area contributed by atoms with Gasteiger partial charge in [0.15, 0.2) is 0 Å². The standard InChI is InChI=1S/C15H26O/c1-4-11-14(3)12-9-7-6-8-10-13-15(16)5-2/h16H,2-4,6-13H2,1H3.